The molecular formula is C14H19N3O2S. The van der Waals surface area contributed by atoms with Gasteiger partial charge in [0.2, 0.25) is 0 Å². The van der Waals surface area contributed by atoms with E-state index in [2.05, 4.69) is 15.5 Å². The highest BCUT2D eigenvalue weighted by Crippen LogP contribution is 2.22. The molecule has 0 fully saturated rings. The van der Waals surface area contributed by atoms with Crippen molar-refractivity contribution in [2.24, 2.45) is 5.92 Å². The maximum atomic E-state index is 11.9. The number of aliphatic hydroxyl groups excluding tert-OH is 1. The fourth-order valence-electron chi connectivity index (χ4n) is 1.76. The van der Waals surface area contributed by atoms with E-state index in [0.717, 1.165) is 17.0 Å². The molecule has 2 unspecified atom stereocenters. The van der Waals surface area contributed by atoms with Gasteiger partial charge < -0.3 is 10.4 Å². The van der Waals surface area contributed by atoms with Gasteiger partial charge in [0, 0.05) is 6.54 Å². The van der Waals surface area contributed by atoms with E-state index in [4.69, 9.17) is 0 Å². The van der Waals surface area contributed by atoms with Crippen LogP contribution < -0.4 is 5.32 Å². The molecule has 0 radical (unpaired) electrons. The molecule has 0 aromatic carbocycles. The zero-order valence-electron chi connectivity index (χ0n) is 11.6. The first-order chi connectivity index (χ1) is 9.61. The number of carbonyl (C=O) groups excluding carboxylic acids is 1. The van der Waals surface area contributed by atoms with Crippen LogP contribution in [-0.4, -0.2) is 33.9 Å². The van der Waals surface area contributed by atoms with Crippen LogP contribution in [0.15, 0.2) is 23.6 Å². The first kappa shape index (κ1) is 14.7. The monoisotopic (exact) mass is 293 g/mol. The van der Waals surface area contributed by atoms with Crippen molar-refractivity contribution in [2.75, 3.05) is 6.54 Å². The average molecular weight is 293 g/mol. The van der Waals surface area contributed by atoms with Crippen LogP contribution in [0.4, 0.5) is 0 Å². The maximum Gasteiger partial charge on any atom is 0.271 e. The Balaban J connectivity index is 1.93. The number of hydrogen-bond donors (Lipinski definition) is 3. The predicted molar refractivity (Wildman–Crippen MR) is 79.7 cm³/mol. The number of nitrogens with zero attached hydrogens (tertiary/aromatic N) is 1. The molecule has 20 heavy (non-hydrogen) atoms. The summed E-state index contributed by atoms with van der Waals surface area (Å²) in [6.45, 7) is 4.21. The van der Waals surface area contributed by atoms with Crippen molar-refractivity contribution in [3.05, 3.63) is 29.3 Å². The Bertz CT molecular complexity index is 551. The zero-order chi connectivity index (χ0) is 14.5. The second-order valence-corrected chi connectivity index (χ2v) is 5.75. The first-order valence-corrected chi connectivity index (χ1v) is 7.55. The minimum absolute atomic E-state index is 0.163. The van der Waals surface area contributed by atoms with Gasteiger partial charge in [-0.05, 0) is 23.4 Å². The number of aromatic nitrogens is 2. The number of rotatable bonds is 6. The summed E-state index contributed by atoms with van der Waals surface area (Å²) in [6, 6.07) is 5.63. The lowest BCUT2D eigenvalue weighted by atomic mass is 10.0. The summed E-state index contributed by atoms with van der Waals surface area (Å²) in [4.78, 5) is 13.0. The number of aliphatic hydroxyl groups is 1. The van der Waals surface area contributed by atoms with Gasteiger partial charge in [0.1, 0.15) is 0 Å². The molecule has 0 aliphatic heterocycles. The summed E-state index contributed by atoms with van der Waals surface area (Å²) in [5, 5.41) is 21.4. The van der Waals surface area contributed by atoms with Gasteiger partial charge in [-0.25, -0.2) is 0 Å². The Kier molecular flexibility index (Phi) is 4.92. The van der Waals surface area contributed by atoms with Crippen LogP contribution in [0.1, 0.15) is 30.8 Å². The molecule has 2 rings (SSSR count). The minimum atomic E-state index is -0.528. The van der Waals surface area contributed by atoms with E-state index >= 15 is 0 Å². The molecule has 5 nitrogen and oxygen atoms in total. The van der Waals surface area contributed by atoms with Gasteiger partial charge >= 0.3 is 0 Å². The third kappa shape index (κ3) is 3.46. The Morgan fingerprint density at radius 2 is 2.40 bits per heavy atom. The summed E-state index contributed by atoms with van der Waals surface area (Å²) in [5.41, 5.74) is 1.16. The number of hydrogen-bond acceptors (Lipinski definition) is 4. The molecule has 1 amide bonds. The van der Waals surface area contributed by atoms with Gasteiger partial charge in [0.25, 0.3) is 5.91 Å². The normalized spacial score (nSPS) is 13.9. The van der Waals surface area contributed by atoms with E-state index in [1.165, 1.54) is 0 Å². The molecule has 0 aliphatic carbocycles. The second-order valence-electron chi connectivity index (χ2n) is 4.81. The van der Waals surface area contributed by atoms with Crippen LogP contribution in [0.25, 0.3) is 10.6 Å². The van der Waals surface area contributed by atoms with Gasteiger partial charge in [0.05, 0.1) is 16.7 Å². The lowest BCUT2D eigenvalue weighted by molar-refractivity contribution is 0.0846. The predicted octanol–water partition coefficient (Wildman–Crippen LogP) is 2.27. The maximum absolute atomic E-state index is 11.9. The van der Waals surface area contributed by atoms with Gasteiger partial charge in [0.15, 0.2) is 5.69 Å². The van der Waals surface area contributed by atoms with Crippen LogP contribution in [0.3, 0.4) is 0 Å². The topological polar surface area (TPSA) is 78.0 Å². The van der Waals surface area contributed by atoms with Gasteiger partial charge in [-0.1, -0.05) is 26.3 Å². The largest absolute Gasteiger partial charge is 0.391 e. The van der Waals surface area contributed by atoms with E-state index in [1.807, 2.05) is 31.4 Å². The third-order valence-corrected chi connectivity index (χ3v) is 4.27. The highest BCUT2D eigenvalue weighted by atomic mass is 32.1. The van der Waals surface area contributed by atoms with E-state index in [0.29, 0.717) is 5.69 Å². The van der Waals surface area contributed by atoms with E-state index in [1.54, 1.807) is 17.4 Å². The second kappa shape index (κ2) is 6.67. The van der Waals surface area contributed by atoms with Crippen LogP contribution in [0.5, 0.6) is 0 Å². The van der Waals surface area contributed by atoms with Crippen molar-refractivity contribution in [1.29, 1.82) is 0 Å². The fourth-order valence-corrected chi connectivity index (χ4v) is 2.45. The summed E-state index contributed by atoms with van der Waals surface area (Å²) in [7, 11) is 0. The number of nitrogens with one attached hydrogen (secondary N) is 2. The molecule has 0 aliphatic rings. The molecule has 0 spiro atoms. The fraction of sp³-hybridized carbons (Fsp3) is 0.429. The molecule has 2 aromatic rings. The van der Waals surface area contributed by atoms with Crippen molar-refractivity contribution >= 4 is 17.2 Å². The van der Waals surface area contributed by atoms with Crippen molar-refractivity contribution in [1.82, 2.24) is 15.5 Å². The molecular weight excluding hydrogens is 274 g/mol. The Labute approximate surface area is 122 Å². The van der Waals surface area contributed by atoms with Crippen LogP contribution in [-0.2, 0) is 0 Å². The lowest BCUT2D eigenvalue weighted by Crippen LogP contribution is -2.35. The third-order valence-electron chi connectivity index (χ3n) is 3.37. The number of thiophene rings is 1. The minimum Gasteiger partial charge on any atom is -0.391 e. The average Bonchev–Trinajstić information content (AvgIpc) is 3.12. The number of amides is 1. The quantitative estimate of drug-likeness (QED) is 0.764. The smallest absolute Gasteiger partial charge is 0.271 e. The van der Waals surface area contributed by atoms with Crippen molar-refractivity contribution in [3.8, 4) is 10.6 Å². The SMILES string of the molecule is CCC(C)C(O)CNC(=O)c1cc(-c2cccs2)[nH]n1. The van der Waals surface area contributed by atoms with Crippen LogP contribution in [0.2, 0.25) is 0 Å². The molecule has 6 heteroatoms. The van der Waals surface area contributed by atoms with Crippen molar-refractivity contribution < 1.29 is 9.90 Å². The number of H-pyrrole nitrogens is 1. The molecule has 0 saturated carbocycles. The van der Waals surface area contributed by atoms with Gasteiger partial charge in [-0.3, -0.25) is 9.89 Å². The molecule has 2 atom stereocenters. The summed E-state index contributed by atoms with van der Waals surface area (Å²) < 4.78 is 0. The zero-order valence-corrected chi connectivity index (χ0v) is 12.4. The van der Waals surface area contributed by atoms with E-state index in [-0.39, 0.29) is 18.4 Å². The number of carbonyl (C=O) groups is 1. The van der Waals surface area contributed by atoms with Crippen LogP contribution in [0, 0.1) is 5.92 Å². The summed E-state index contributed by atoms with van der Waals surface area (Å²) in [6.07, 6.45) is 0.349. The summed E-state index contributed by atoms with van der Waals surface area (Å²) in [5.74, 6) is -0.109. The Morgan fingerprint density at radius 3 is 3.05 bits per heavy atom. The van der Waals surface area contributed by atoms with Crippen molar-refractivity contribution in [3.63, 3.8) is 0 Å². The van der Waals surface area contributed by atoms with Gasteiger partial charge in [-0.15, -0.1) is 11.3 Å². The molecule has 2 heterocycles. The Hall–Kier alpha value is -1.66. The molecule has 108 valence electrons. The summed E-state index contributed by atoms with van der Waals surface area (Å²) >= 11 is 1.58. The molecule has 2 aromatic heterocycles. The van der Waals surface area contributed by atoms with Crippen molar-refractivity contribution in [2.45, 2.75) is 26.4 Å². The van der Waals surface area contributed by atoms with E-state index < -0.39 is 6.10 Å². The van der Waals surface area contributed by atoms with Crippen LogP contribution >= 0.6 is 11.3 Å². The first-order valence-electron chi connectivity index (χ1n) is 6.67. The van der Waals surface area contributed by atoms with Gasteiger partial charge in [-0.2, -0.15) is 5.10 Å². The Morgan fingerprint density at radius 1 is 1.60 bits per heavy atom. The standard InChI is InChI=1S/C14H19N3O2S/c1-3-9(2)12(18)8-15-14(19)11-7-10(16-17-11)13-5-4-6-20-13/h4-7,9,12,18H,3,8H2,1-2H3,(H,15,19)(H,16,17). The molecule has 3 N–H and O–H groups in total. The highest BCUT2D eigenvalue weighted by Gasteiger charge is 2.16. The molecule has 0 saturated heterocycles. The number of aromatic amines is 1. The highest BCUT2D eigenvalue weighted by molar-refractivity contribution is 7.13. The lowest BCUT2D eigenvalue weighted by Gasteiger charge is -2.17. The molecule has 0 bridgehead atoms. The van der Waals surface area contributed by atoms with E-state index in [9.17, 15) is 9.90 Å².